The minimum atomic E-state index is 0.314. The van der Waals surface area contributed by atoms with E-state index in [9.17, 15) is 0 Å². The molecule has 1 atom stereocenters. The predicted molar refractivity (Wildman–Crippen MR) is 91.2 cm³/mol. The topological polar surface area (TPSA) is 42.3 Å². The summed E-state index contributed by atoms with van der Waals surface area (Å²) in [5.74, 6) is 0. The molecule has 1 aromatic carbocycles. The number of aryl methyl sites for hydroxylation is 2. The molecule has 5 nitrogen and oxygen atoms in total. The zero-order valence-electron chi connectivity index (χ0n) is 14.0. The lowest BCUT2D eigenvalue weighted by atomic mass is 10.0. The van der Waals surface area contributed by atoms with Crippen molar-refractivity contribution in [3.63, 3.8) is 0 Å². The number of hydrogen-bond acceptors (Lipinski definition) is 4. The largest absolute Gasteiger partial charge is 0.379 e. The zero-order chi connectivity index (χ0) is 16.1. The summed E-state index contributed by atoms with van der Waals surface area (Å²) in [5.41, 5.74) is 3.93. The highest BCUT2D eigenvalue weighted by molar-refractivity contribution is 5.29. The molecule has 0 bridgehead atoms. The fourth-order valence-corrected chi connectivity index (χ4v) is 3.10. The lowest BCUT2D eigenvalue weighted by Crippen LogP contribution is -2.41. The highest BCUT2D eigenvalue weighted by Crippen LogP contribution is 2.20. The molecule has 1 aliphatic rings. The third kappa shape index (κ3) is 4.41. The number of morpholine rings is 1. The number of ether oxygens (including phenoxy) is 1. The zero-order valence-corrected chi connectivity index (χ0v) is 14.0. The fourth-order valence-electron chi connectivity index (χ4n) is 3.10. The summed E-state index contributed by atoms with van der Waals surface area (Å²) in [6.07, 6.45) is 3.99. The van der Waals surface area contributed by atoms with Crippen LogP contribution in [0.5, 0.6) is 0 Å². The van der Waals surface area contributed by atoms with E-state index in [0.717, 1.165) is 39.4 Å². The lowest BCUT2D eigenvalue weighted by molar-refractivity contribution is 0.0333. The molecule has 0 spiro atoms. The Morgan fingerprint density at radius 3 is 2.74 bits per heavy atom. The number of hydrogen-bond donors (Lipinski definition) is 1. The van der Waals surface area contributed by atoms with E-state index in [1.165, 1.54) is 16.7 Å². The van der Waals surface area contributed by atoms with Crippen LogP contribution in [0.2, 0.25) is 0 Å². The van der Waals surface area contributed by atoms with Gasteiger partial charge in [0.25, 0.3) is 0 Å². The molecule has 23 heavy (non-hydrogen) atoms. The van der Waals surface area contributed by atoms with Gasteiger partial charge in [-0.05, 0) is 18.1 Å². The molecule has 1 N–H and O–H groups in total. The molecule has 2 aromatic rings. The Bertz CT molecular complexity index is 619. The second-order valence-corrected chi connectivity index (χ2v) is 6.23. The van der Waals surface area contributed by atoms with Crippen LogP contribution in [0.25, 0.3) is 0 Å². The molecule has 1 aliphatic heterocycles. The van der Waals surface area contributed by atoms with Crippen molar-refractivity contribution >= 4 is 0 Å². The maximum Gasteiger partial charge on any atom is 0.0594 e. The van der Waals surface area contributed by atoms with Crippen LogP contribution in [-0.4, -0.2) is 47.5 Å². The predicted octanol–water partition coefficient (Wildman–Crippen LogP) is 1.89. The van der Waals surface area contributed by atoms with Crippen molar-refractivity contribution in [3.8, 4) is 0 Å². The van der Waals surface area contributed by atoms with Gasteiger partial charge in [0.15, 0.2) is 0 Å². The van der Waals surface area contributed by atoms with Crippen molar-refractivity contribution in [2.45, 2.75) is 19.5 Å². The summed E-state index contributed by atoms with van der Waals surface area (Å²) in [7, 11) is 1.95. The first-order valence-electron chi connectivity index (χ1n) is 8.29. The van der Waals surface area contributed by atoms with Crippen LogP contribution >= 0.6 is 0 Å². The van der Waals surface area contributed by atoms with Gasteiger partial charge in [-0.3, -0.25) is 9.58 Å². The van der Waals surface area contributed by atoms with Crippen LogP contribution < -0.4 is 5.32 Å². The first kappa shape index (κ1) is 16.2. The van der Waals surface area contributed by atoms with E-state index < -0.39 is 0 Å². The van der Waals surface area contributed by atoms with Gasteiger partial charge >= 0.3 is 0 Å². The minimum Gasteiger partial charge on any atom is -0.379 e. The highest BCUT2D eigenvalue weighted by Gasteiger charge is 2.19. The number of nitrogens with zero attached hydrogens (tertiary/aromatic N) is 3. The van der Waals surface area contributed by atoms with Crippen molar-refractivity contribution in [3.05, 3.63) is 53.3 Å². The standard InChI is InChI=1S/C18H26N4O/c1-15-5-3-4-6-17(15)18(14-22-7-9-23-10-8-22)19-11-16-12-20-21(2)13-16/h3-6,12-13,18-19H,7-11,14H2,1-2H3. The molecule has 1 aromatic heterocycles. The summed E-state index contributed by atoms with van der Waals surface area (Å²) in [4.78, 5) is 2.48. The highest BCUT2D eigenvalue weighted by atomic mass is 16.5. The summed E-state index contributed by atoms with van der Waals surface area (Å²) in [5, 5.41) is 7.97. The van der Waals surface area contributed by atoms with Crippen LogP contribution in [-0.2, 0) is 18.3 Å². The summed E-state index contributed by atoms with van der Waals surface area (Å²) in [6, 6.07) is 8.96. The van der Waals surface area contributed by atoms with Gasteiger partial charge in [-0.1, -0.05) is 24.3 Å². The Labute approximate surface area is 138 Å². The van der Waals surface area contributed by atoms with Crippen LogP contribution in [0, 0.1) is 6.92 Å². The summed E-state index contributed by atoms with van der Waals surface area (Å²) < 4.78 is 7.32. The fraction of sp³-hybridized carbons (Fsp3) is 0.500. The lowest BCUT2D eigenvalue weighted by Gasteiger charge is -2.31. The first-order valence-corrected chi connectivity index (χ1v) is 8.29. The molecule has 3 rings (SSSR count). The second kappa shape index (κ2) is 7.73. The average Bonchev–Trinajstić information content (AvgIpc) is 2.98. The smallest absolute Gasteiger partial charge is 0.0594 e. The van der Waals surface area contributed by atoms with Crippen molar-refractivity contribution in [2.75, 3.05) is 32.8 Å². The van der Waals surface area contributed by atoms with E-state index in [1.54, 1.807) is 0 Å². The molecule has 5 heteroatoms. The Kier molecular flexibility index (Phi) is 5.43. The molecule has 1 saturated heterocycles. The van der Waals surface area contributed by atoms with Gasteiger partial charge in [0.05, 0.1) is 19.4 Å². The van der Waals surface area contributed by atoms with Crippen molar-refractivity contribution in [2.24, 2.45) is 7.05 Å². The van der Waals surface area contributed by atoms with E-state index in [4.69, 9.17) is 4.74 Å². The average molecular weight is 314 g/mol. The van der Waals surface area contributed by atoms with E-state index in [-0.39, 0.29) is 0 Å². The molecular weight excluding hydrogens is 288 g/mol. The van der Waals surface area contributed by atoms with Crippen LogP contribution in [0.15, 0.2) is 36.7 Å². The van der Waals surface area contributed by atoms with Gasteiger partial charge in [-0.2, -0.15) is 5.10 Å². The molecular formula is C18H26N4O. The Balaban J connectivity index is 1.71. The number of aromatic nitrogens is 2. The van der Waals surface area contributed by atoms with E-state index >= 15 is 0 Å². The van der Waals surface area contributed by atoms with Gasteiger partial charge in [0.2, 0.25) is 0 Å². The van der Waals surface area contributed by atoms with Gasteiger partial charge in [-0.25, -0.2) is 0 Å². The maximum absolute atomic E-state index is 5.47. The third-order valence-corrected chi connectivity index (χ3v) is 4.42. The Morgan fingerprint density at radius 1 is 1.26 bits per heavy atom. The molecule has 0 amide bonds. The number of nitrogens with one attached hydrogen (secondary N) is 1. The SMILES string of the molecule is Cc1ccccc1C(CN1CCOCC1)NCc1cnn(C)c1. The van der Waals surface area contributed by atoms with Crippen molar-refractivity contribution in [1.29, 1.82) is 0 Å². The normalized spacial score (nSPS) is 17.3. The summed E-state index contributed by atoms with van der Waals surface area (Å²) >= 11 is 0. The molecule has 2 heterocycles. The van der Waals surface area contributed by atoms with Crippen LogP contribution in [0.3, 0.4) is 0 Å². The maximum atomic E-state index is 5.47. The molecule has 0 radical (unpaired) electrons. The minimum absolute atomic E-state index is 0.314. The quantitative estimate of drug-likeness (QED) is 0.884. The van der Waals surface area contributed by atoms with E-state index in [0.29, 0.717) is 6.04 Å². The molecule has 124 valence electrons. The number of rotatable bonds is 6. The van der Waals surface area contributed by atoms with Crippen molar-refractivity contribution in [1.82, 2.24) is 20.0 Å². The first-order chi connectivity index (χ1) is 11.2. The van der Waals surface area contributed by atoms with E-state index in [2.05, 4.69) is 52.7 Å². The van der Waals surface area contributed by atoms with Gasteiger partial charge in [0, 0.05) is 51.0 Å². The Hall–Kier alpha value is -1.69. The molecule has 0 aliphatic carbocycles. The van der Waals surface area contributed by atoms with Gasteiger partial charge in [-0.15, -0.1) is 0 Å². The Morgan fingerprint density at radius 2 is 2.04 bits per heavy atom. The second-order valence-electron chi connectivity index (χ2n) is 6.23. The monoisotopic (exact) mass is 314 g/mol. The van der Waals surface area contributed by atoms with Crippen LogP contribution in [0.1, 0.15) is 22.7 Å². The third-order valence-electron chi connectivity index (χ3n) is 4.42. The molecule has 1 fully saturated rings. The van der Waals surface area contributed by atoms with Crippen LogP contribution in [0.4, 0.5) is 0 Å². The molecule has 0 saturated carbocycles. The van der Waals surface area contributed by atoms with E-state index in [1.807, 2.05) is 17.9 Å². The summed E-state index contributed by atoms with van der Waals surface area (Å²) in [6.45, 7) is 7.72. The number of benzene rings is 1. The van der Waals surface area contributed by atoms with Gasteiger partial charge < -0.3 is 10.1 Å². The van der Waals surface area contributed by atoms with Crippen molar-refractivity contribution < 1.29 is 4.74 Å². The molecule has 1 unspecified atom stereocenters. The van der Waals surface area contributed by atoms with Gasteiger partial charge in [0.1, 0.15) is 0 Å².